The predicted molar refractivity (Wildman–Crippen MR) is 71.2 cm³/mol. The number of nitro groups is 1. The van der Waals surface area contributed by atoms with Crippen LogP contribution in [0.1, 0.15) is 12.5 Å². The summed E-state index contributed by atoms with van der Waals surface area (Å²) in [6, 6.07) is 8.68. The Morgan fingerprint density at radius 1 is 1.26 bits per heavy atom. The molecule has 0 aliphatic rings. The molecule has 0 radical (unpaired) electrons. The third-order valence-corrected chi connectivity index (χ3v) is 2.78. The maximum absolute atomic E-state index is 11.3. The summed E-state index contributed by atoms with van der Waals surface area (Å²) in [6.07, 6.45) is 3.06. The van der Waals surface area contributed by atoms with E-state index in [4.69, 9.17) is 0 Å². The minimum absolute atomic E-state index is 0.127. The number of rotatable bonds is 4. The summed E-state index contributed by atoms with van der Waals surface area (Å²) in [5.41, 5.74) is 1.85. The molecule has 0 aliphatic carbocycles. The van der Waals surface area contributed by atoms with E-state index in [2.05, 4.69) is 5.32 Å². The summed E-state index contributed by atoms with van der Waals surface area (Å²) in [5, 5.41) is 25.1. The first kappa shape index (κ1) is 12.8. The first-order valence-corrected chi connectivity index (χ1v) is 5.84. The second-order valence-corrected chi connectivity index (χ2v) is 4.00. The Morgan fingerprint density at radius 3 is 2.68 bits per heavy atom. The monoisotopic (exact) mass is 259 g/mol. The van der Waals surface area contributed by atoms with E-state index in [-0.39, 0.29) is 11.4 Å². The van der Waals surface area contributed by atoms with Crippen molar-refractivity contribution in [3.05, 3.63) is 63.6 Å². The van der Waals surface area contributed by atoms with E-state index in [9.17, 15) is 15.3 Å². The average molecular weight is 259 g/mol. The van der Waals surface area contributed by atoms with E-state index in [1.54, 1.807) is 0 Å². The number of anilines is 2. The minimum atomic E-state index is -0.517. The highest BCUT2D eigenvalue weighted by Gasteiger charge is 2.17. The molecule has 0 fully saturated rings. The van der Waals surface area contributed by atoms with E-state index in [1.807, 2.05) is 31.2 Å². The Kier molecular flexibility index (Phi) is 3.61. The van der Waals surface area contributed by atoms with Gasteiger partial charge in [-0.25, -0.2) is 0 Å². The fraction of sp³-hybridized carbons (Fsp3) is 0.154. The van der Waals surface area contributed by atoms with Crippen LogP contribution >= 0.6 is 0 Å². The molecule has 1 N–H and O–H groups in total. The molecule has 1 aromatic heterocycles. The van der Waals surface area contributed by atoms with Gasteiger partial charge < -0.3 is 10.5 Å². The normalized spacial score (nSPS) is 10.2. The van der Waals surface area contributed by atoms with Crippen molar-refractivity contribution >= 4 is 17.1 Å². The first-order valence-electron chi connectivity index (χ1n) is 5.84. The molecule has 0 bridgehead atoms. The van der Waals surface area contributed by atoms with Gasteiger partial charge in [-0.15, -0.1) is 0 Å². The number of hydrogen-bond donors (Lipinski definition) is 1. The molecule has 6 heteroatoms. The molecule has 1 heterocycles. The minimum Gasteiger partial charge on any atom is -0.619 e. The maximum atomic E-state index is 11.3. The Labute approximate surface area is 110 Å². The molecule has 0 aliphatic heterocycles. The highest BCUT2D eigenvalue weighted by Crippen LogP contribution is 2.27. The largest absolute Gasteiger partial charge is 0.619 e. The van der Waals surface area contributed by atoms with Crippen molar-refractivity contribution in [1.82, 2.24) is 0 Å². The molecule has 2 aromatic rings. The molecule has 6 nitrogen and oxygen atoms in total. The molecule has 0 saturated heterocycles. The second-order valence-electron chi connectivity index (χ2n) is 4.00. The molecule has 2 rings (SSSR count). The summed E-state index contributed by atoms with van der Waals surface area (Å²) in [5.74, 6) is 0. The number of aromatic nitrogens is 1. The second kappa shape index (κ2) is 5.34. The van der Waals surface area contributed by atoms with Crippen molar-refractivity contribution in [3.63, 3.8) is 0 Å². The van der Waals surface area contributed by atoms with Crippen LogP contribution in [-0.2, 0) is 6.42 Å². The van der Waals surface area contributed by atoms with Crippen LogP contribution in [0.4, 0.5) is 17.1 Å². The van der Waals surface area contributed by atoms with Crippen molar-refractivity contribution in [2.75, 3.05) is 5.32 Å². The van der Waals surface area contributed by atoms with Gasteiger partial charge >= 0.3 is 5.69 Å². The van der Waals surface area contributed by atoms with Gasteiger partial charge in [-0.2, -0.15) is 4.73 Å². The molecular weight excluding hydrogens is 246 g/mol. The van der Waals surface area contributed by atoms with Crippen LogP contribution < -0.4 is 10.0 Å². The highest BCUT2D eigenvalue weighted by atomic mass is 16.6. The number of aryl methyl sites for hydroxylation is 1. The van der Waals surface area contributed by atoms with Crippen LogP contribution in [-0.4, -0.2) is 4.92 Å². The van der Waals surface area contributed by atoms with Crippen LogP contribution in [0.2, 0.25) is 0 Å². The van der Waals surface area contributed by atoms with Crippen LogP contribution in [0.15, 0.2) is 42.7 Å². The van der Waals surface area contributed by atoms with Gasteiger partial charge in [-0.1, -0.05) is 25.1 Å². The van der Waals surface area contributed by atoms with Gasteiger partial charge in [-0.3, -0.25) is 10.1 Å². The Balaban J connectivity index is 2.42. The van der Waals surface area contributed by atoms with Crippen molar-refractivity contribution in [2.24, 2.45) is 0 Å². The smallest absolute Gasteiger partial charge is 0.304 e. The molecule has 19 heavy (non-hydrogen) atoms. The maximum Gasteiger partial charge on any atom is 0.304 e. The Bertz CT molecular complexity index is 614. The zero-order chi connectivity index (χ0) is 13.8. The number of nitrogens with one attached hydrogen (secondary N) is 1. The topological polar surface area (TPSA) is 82.1 Å². The molecule has 0 unspecified atom stereocenters. The summed E-state index contributed by atoms with van der Waals surface area (Å²) >= 11 is 0. The van der Waals surface area contributed by atoms with Crippen LogP contribution in [0.3, 0.4) is 0 Å². The van der Waals surface area contributed by atoms with Crippen LogP contribution in [0, 0.1) is 15.3 Å². The zero-order valence-electron chi connectivity index (χ0n) is 10.4. The zero-order valence-corrected chi connectivity index (χ0v) is 10.4. The lowest BCUT2D eigenvalue weighted by Crippen LogP contribution is -2.25. The van der Waals surface area contributed by atoms with Gasteiger partial charge in [0.25, 0.3) is 0 Å². The summed E-state index contributed by atoms with van der Waals surface area (Å²) < 4.78 is 0.532. The molecule has 1 aromatic carbocycles. The lowest BCUT2D eigenvalue weighted by atomic mass is 10.1. The van der Waals surface area contributed by atoms with Crippen molar-refractivity contribution < 1.29 is 9.65 Å². The standard InChI is InChI=1S/C13H13N3O3/c1-2-10-5-3-4-6-11(10)14-12-9-15(17)8-7-13(12)16(18)19/h3-9,14H,2H2,1H3. The number of para-hydroxylation sites is 1. The van der Waals surface area contributed by atoms with Gasteiger partial charge in [0.05, 0.1) is 11.0 Å². The molecule has 98 valence electrons. The Morgan fingerprint density at radius 2 is 2.00 bits per heavy atom. The van der Waals surface area contributed by atoms with Gasteiger partial charge in [0.15, 0.2) is 11.9 Å². The summed E-state index contributed by atoms with van der Waals surface area (Å²) in [6.45, 7) is 1.99. The van der Waals surface area contributed by atoms with E-state index in [0.717, 1.165) is 30.1 Å². The third-order valence-electron chi connectivity index (χ3n) is 2.78. The van der Waals surface area contributed by atoms with Crippen LogP contribution in [0.5, 0.6) is 0 Å². The quantitative estimate of drug-likeness (QED) is 0.396. The van der Waals surface area contributed by atoms with E-state index >= 15 is 0 Å². The molecule has 0 spiro atoms. The SMILES string of the molecule is CCc1ccccc1Nc1c[n+]([O-])ccc1[N+](=O)[O-]. The molecule has 0 atom stereocenters. The Hall–Kier alpha value is -2.63. The number of pyridine rings is 1. The summed E-state index contributed by atoms with van der Waals surface area (Å²) in [7, 11) is 0. The number of nitrogens with zero attached hydrogens (tertiary/aromatic N) is 2. The lowest BCUT2D eigenvalue weighted by Gasteiger charge is -2.10. The van der Waals surface area contributed by atoms with Crippen molar-refractivity contribution in [2.45, 2.75) is 13.3 Å². The van der Waals surface area contributed by atoms with E-state index in [0.29, 0.717) is 4.73 Å². The van der Waals surface area contributed by atoms with E-state index < -0.39 is 4.92 Å². The molecular formula is C13H13N3O3. The molecule has 0 amide bonds. The fourth-order valence-corrected chi connectivity index (χ4v) is 1.82. The summed E-state index contributed by atoms with van der Waals surface area (Å²) in [4.78, 5) is 10.4. The van der Waals surface area contributed by atoms with Gasteiger partial charge in [0, 0.05) is 5.69 Å². The average Bonchev–Trinajstić information content (AvgIpc) is 2.39. The van der Waals surface area contributed by atoms with E-state index in [1.165, 1.54) is 6.07 Å². The molecule has 0 saturated carbocycles. The highest BCUT2D eigenvalue weighted by molar-refractivity contribution is 5.69. The number of hydrogen-bond acceptors (Lipinski definition) is 4. The third kappa shape index (κ3) is 2.79. The van der Waals surface area contributed by atoms with Crippen molar-refractivity contribution in [1.29, 1.82) is 0 Å². The number of benzene rings is 1. The van der Waals surface area contributed by atoms with Gasteiger partial charge in [0.1, 0.15) is 0 Å². The van der Waals surface area contributed by atoms with Crippen LogP contribution in [0.25, 0.3) is 0 Å². The van der Waals surface area contributed by atoms with Crippen molar-refractivity contribution in [3.8, 4) is 0 Å². The van der Waals surface area contributed by atoms with Gasteiger partial charge in [-0.05, 0) is 18.1 Å². The lowest BCUT2D eigenvalue weighted by molar-refractivity contribution is -0.605. The first-order chi connectivity index (χ1) is 9.11. The predicted octanol–water partition coefficient (Wildman–Crippen LogP) is 2.53. The van der Waals surface area contributed by atoms with Gasteiger partial charge in [0.2, 0.25) is 6.20 Å². The fourth-order valence-electron chi connectivity index (χ4n) is 1.82.